The maximum absolute atomic E-state index is 12.1. The summed E-state index contributed by atoms with van der Waals surface area (Å²) in [6.45, 7) is 4.44. The van der Waals surface area contributed by atoms with Crippen molar-refractivity contribution in [2.75, 3.05) is 13.2 Å². The van der Waals surface area contributed by atoms with E-state index < -0.39 is 0 Å². The molecule has 0 saturated carbocycles. The van der Waals surface area contributed by atoms with Gasteiger partial charge in [0.25, 0.3) is 0 Å². The molecule has 0 aliphatic rings. The number of hydrogen-bond donors (Lipinski definition) is 2. The van der Waals surface area contributed by atoms with Crippen LogP contribution < -0.4 is 0 Å². The van der Waals surface area contributed by atoms with E-state index in [2.05, 4.69) is 13.8 Å². The van der Waals surface area contributed by atoms with Gasteiger partial charge in [0, 0.05) is 25.6 Å². The summed E-state index contributed by atoms with van der Waals surface area (Å²) in [5.41, 5.74) is 0. The van der Waals surface area contributed by atoms with Gasteiger partial charge in [-0.15, -0.1) is 0 Å². The first kappa shape index (κ1) is 24.4. The molecule has 4 heteroatoms. The molecular weight excluding hydrogens is 316 g/mol. The predicted octanol–water partition coefficient (Wildman–Crippen LogP) is 5.00. The Balaban J connectivity index is 4.02. The van der Waals surface area contributed by atoms with Crippen LogP contribution in [-0.4, -0.2) is 35.5 Å². The number of esters is 1. The molecule has 0 aliphatic carbocycles. The number of carbonyl (C=O) groups is 1. The number of aliphatic hydroxyl groups excluding tert-OH is 2. The third kappa shape index (κ3) is 15.4. The number of hydrogen-bond acceptors (Lipinski definition) is 4. The summed E-state index contributed by atoms with van der Waals surface area (Å²) >= 11 is 0. The van der Waals surface area contributed by atoms with Gasteiger partial charge in [0.1, 0.15) is 6.10 Å². The van der Waals surface area contributed by atoms with Crippen molar-refractivity contribution in [2.45, 2.75) is 110 Å². The van der Waals surface area contributed by atoms with Crippen LogP contribution in [0.3, 0.4) is 0 Å². The number of unbranched alkanes of at least 4 members (excludes halogenated alkanes) is 7. The van der Waals surface area contributed by atoms with E-state index >= 15 is 0 Å². The van der Waals surface area contributed by atoms with Crippen LogP contribution >= 0.6 is 0 Å². The van der Waals surface area contributed by atoms with Crippen LogP contribution in [0.4, 0.5) is 0 Å². The van der Waals surface area contributed by atoms with Crippen molar-refractivity contribution in [1.82, 2.24) is 0 Å². The third-order valence-electron chi connectivity index (χ3n) is 4.82. The Morgan fingerprint density at radius 1 is 0.760 bits per heavy atom. The Morgan fingerprint density at radius 3 is 1.76 bits per heavy atom. The predicted molar refractivity (Wildman–Crippen MR) is 104 cm³/mol. The quantitative estimate of drug-likeness (QED) is 0.267. The normalized spacial score (nSPS) is 11.4. The molecule has 0 spiro atoms. The fraction of sp³-hybridized carbons (Fsp3) is 0.952. The van der Waals surface area contributed by atoms with Gasteiger partial charge in [0.05, 0.1) is 0 Å². The van der Waals surface area contributed by atoms with Crippen molar-refractivity contribution >= 4 is 5.97 Å². The van der Waals surface area contributed by atoms with Gasteiger partial charge in [0.2, 0.25) is 0 Å². The zero-order valence-corrected chi connectivity index (χ0v) is 16.7. The second-order valence-electron chi connectivity index (χ2n) is 7.29. The van der Waals surface area contributed by atoms with Crippen molar-refractivity contribution in [3.8, 4) is 0 Å². The minimum atomic E-state index is -0.0828. The first-order chi connectivity index (χ1) is 12.2. The van der Waals surface area contributed by atoms with E-state index in [-0.39, 0.29) is 31.2 Å². The highest BCUT2D eigenvalue weighted by Gasteiger charge is 2.14. The molecule has 0 aromatic heterocycles. The van der Waals surface area contributed by atoms with Crippen LogP contribution in [0, 0.1) is 5.92 Å². The average molecular weight is 359 g/mol. The maximum Gasteiger partial charge on any atom is 0.306 e. The molecule has 0 fully saturated rings. The Kier molecular flexibility index (Phi) is 17.7. The van der Waals surface area contributed by atoms with Gasteiger partial charge in [-0.25, -0.2) is 0 Å². The van der Waals surface area contributed by atoms with Gasteiger partial charge < -0.3 is 14.9 Å². The lowest BCUT2D eigenvalue weighted by molar-refractivity contribution is -0.150. The first-order valence-corrected chi connectivity index (χ1v) is 10.6. The topological polar surface area (TPSA) is 66.8 Å². The van der Waals surface area contributed by atoms with E-state index in [1.807, 2.05) is 0 Å². The van der Waals surface area contributed by atoms with Crippen LogP contribution in [0.15, 0.2) is 0 Å². The molecule has 0 rings (SSSR count). The van der Waals surface area contributed by atoms with Crippen LogP contribution in [0.2, 0.25) is 0 Å². The van der Waals surface area contributed by atoms with Crippen molar-refractivity contribution in [3.05, 3.63) is 0 Å². The van der Waals surface area contributed by atoms with E-state index in [1.165, 1.54) is 38.5 Å². The molecule has 2 N–H and O–H groups in total. The summed E-state index contributed by atoms with van der Waals surface area (Å²) in [6, 6.07) is 0. The minimum absolute atomic E-state index is 0.0124. The third-order valence-corrected chi connectivity index (χ3v) is 4.82. The van der Waals surface area contributed by atoms with E-state index in [4.69, 9.17) is 14.9 Å². The number of rotatable bonds is 18. The van der Waals surface area contributed by atoms with Crippen molar-refractivity contribution in [1.29, 1.82) is 0 Å². The molecule has 0 atom stereocenters. The summed E-state index contributed by atoms with van der Waals surface area (Å²) < 4.78 is 5.73. The SMILES string of the molecule is CCCCCCC(CCCCCC)OC(=O)CCCCC(CO)CO. The molecule has 150 valence electrons. The molecule has 25 heavy (non-hydrogen) atoms. The zero-order chi connectivity index (χ0) is 18.8. The fourth-order valence-corrected chi connectivity index (χ4v) is 3.05. The van der Waals surface area contributed by atoms with E-state index in [9.17, 15) is 4.79 Å². The van der Waals surface area contributed by atoms with Gasteiger partial charge in [-0.1, -0.05) is 58.8 Å². The van der Waals surface area contributed by atoms with Crippen LogP contribution in [0.1, 0.15) is 104 Å². The van der Waals surface area contributed by atoms with Crippen molar-refractivity contribution in [2.24, 2.45) is 5.92 Å². The number of aliphatic hydroxyl groups is 2. The van der Waals surface area contributed by atoms with E-state index in [0.717, 1.165) is 44.9 Å². The molecule has 0 amide bonds. The highest BCUT2D eigenvalue weighted by Crippen LogP contribution is 2.17. The maximum atomic E-state index is 12.1. The average Bonchev–Trinajstić information content (AvgIpc) is 2.62. The zero-order valence-electron chi connectivity index (χ0n) is 16.7. The number of carbonyl (C=O) groups excluding carboxylic acids is 1. The second kappa shape index (κ2) is 18.2. The molecule has 0 aliphatic heterocycles. The fourth-order valence-electron chi connectivity index (χ4n) is 3.05. The smallest absolute Gasteiger partial charge is 0.306 e. The summed E-state index contributed by atoms with van der Waals surface area (Å²) in [5.74, 6) is -0.138. The summed E-state index contributed by atoms with van der Waals surface area (Å²) in [5, 5.41) is 18.1. The lowest BCUT2D eigenvalue weighted by Crippen LogP contribution is -2.18. The largest absolute Gasteiger partial charge is 0.462 e. The molecule has 0 bridgehead atoms. The van der Waals surface area contributed by atoms with Crippen molar-refractivity contribution < 1.29 is 19.7 Å². The van der Waals surface area contributed by atoms with Crippen LogP contribution in [-0.2, 0) is 9.53 Å². The monoisotopic (exact) mass is 358 g/mol. The first-order valence-electron chi connectivity index (χ1n) is 10.6. The Hall–Kier alpha value is -0.610. The highest BCUT2D eigenvalue weighted by atomic mass is 16.5. The molecule has 0 unspecified atom stereocenters. The van der Waals surface area contributed by atoms with Gasteiger partial charge in [-0.3, -0.25) is 4.79 Å². The summed E-state index contributed by atoms with van der Waals surface area (Å²) in [4.78, 5) is 12.1. The standard InChI is InChI=1S/C21H42O4/c1-3-5-7-9-14-20(15-10-8-6-4-2)25-21(24)16-12-11-13-19(17-22)18-23/h19-20,22-23H,3-18H2,1-2H3. The Bertz CT molecular complexity index is 278. The molecule has 4 nitrogen and oxygen atoms in total. The highest BCUT2D eigenvalue weighted by molar-refractivity contribution is 5.69. The van der Waals surface area contributed by atoms with Crippen LogP contribution in [0.5, 0.6) is 0 Å². The molecule has 0 aromatic rings. The van der Waals surface area contributed by atoms with Crippen LogP contribution in [0.25, 0.3) is 0 Å². The Morgan fingerprint density at radius 2 is 1.28 bits per heavy atom. The summed E-state index contributed by atoms with van der Waals surface area (Å²) in [7, 11) is 0. The van der Waals surface area contributed by atoms with E-state index in [0.29, 0.717) is 6.42 Å². The van der Waals surface area contributed by atoms with Gasteiger partial charge in [0.15, 0.2) is 0 Å². The summed E-state index contributed by atoms with van der Waals surface area (Å²) in [6.07, 6.45) is 14.6. The lowest BCUT2D eigenvalue weighted by Gasteiger charge is -2.18. The molecule has 0 saturated heterocycles. The molecular formula is C21H42O4. The lowest BCUT2D eigenvalue weighted by atomic mass is 10.0. The molecule has 0 heterocycles. The van der Waals surface area contributed by atoms with Gasteiger partial charge in [-0.05, 0) is 38.5 Å². The van der Waals surface area contributed by atoms with Gasteiger partial charge in [-0.2, -0.15) is 0 Å². The van der Waals surface area contributed by atoms with Gasteiger partial charge >= 0.3 is 5.97 Å². The molecule has 0 radical (unpaired) electrons. The number of ether oxygens (including phenoxy) is 1. The molecule has 0 aromatic carbocycles. The second-order valence-corrected chi connectivity index (χ2v) is 7.29. The minimum Gasteiger partial charge on any atom is -0.462 e. The van der Waals surface area contributed by atoms with E-state index in [1.54, 1.807) is 0 Å². The Labute approximate surface area is 155 Å². The van der Waals surface area contributed by atoms with Crippen molar-refractivity contribution in [3.63, 3.8) is 0 Å².